The van der Waals surface area contributed by atoms with Crippen LogP contribution in [0.2, 0.25) is 0 Å². The van der Waals surface area contributed by atoms with Gasteiger partial charge in [-0.05, 0) is 25.5 Å². The lowest BCUT2D eigenvalue weighted by Gasteiger charge is -2.33. The van der Waals surface area contributed by atoms with Gasteiger partial charge in [-0.25, -0.2) is 0 Å². The summed E-state index contributed by atoms with van der Waals surface area (Å²) in [5.41, 5.74) is -0.586. The summed E-state index contributed by atoms with van der Waals surface area (Å²) in [6, 6.07) is 4.29. The topological polar surface area (TPSA) is 54.6 Å². The van der Waals surface area contributed by atoms with E-state index in [1.54, 1.807) is 6.26 Å². The summed E-state index contributed by atoms with van der Waals surface area (Å²) < 4.78 is 10.6. The number of ether oxygens (including phenoxy) is 1. The second kappa shape index (κ2) is 6.36. The fourth-order valence-electron chi connectivity index (χ4n) is 2.21. The molecule has 4 nitrogen and oxygen atoms in total. The lowest BCUT2D eigenvalue weighted by Crippen LogP contribution is -2.47. The van der Waals surface area contributed by atoms with Crippen LogP contribution in [-0.2, 0) is 11.2 Å². The first-order chi connectivity index (χ1) is 8.68. The van der Waals surface area contributed by atoms with Crippen LogP contribution < -0.4 is 5.32 Å². The molecule has 0 saturated carbocycles. The van der Waals surface area contributed by atoms with Gasteiger partial charge in [0.25, 0.3) is 0 Å². The monoisotopic (exact) mass is 253 g/mol. The van der Waals surface area contributed by atoms with Crippen LogP contribution in [0.4, 0.5) is 0 Å². The number of nitrogens with one attached hydrogen (secondary N) is 1. The summed E-state index contributed by atoms with van der Waals surface area (Å²) in [6.45, 7) is 4.12. The van der Waals surface area contributed by atoms with Crippen molar-refractivity contribution in [1.29, 1.82) is 0 Å². The number of furan rings is 1. The standard InChI is InChI=1S/C14H23NO3/c1-12(4-5-13-3-2-8-18-13)15-11-14(16)6-9-17-10-7-14/h2-3,8,12,15-16H,4-7,9-11H2,1H3. The SMILES string of the molecule is CC(CCc1ccco1)NCC1(O)CCOCC1. The smallest absolute Gasteiger partial charge is 0.103 e. The fraction of sp³-hybridized carbons (Fsp3) is 0.714. The molecule has 1 aliphatic rings. The first-order valence-electron chi connectivity index (χ1n) is 6.74. The largest absolute Gasteiger partial charge is 0.469 e. The van der Waals surface area contributed by atoms with E-state index in [1.165, 1.54) is 0 Å². The van der Waals surface area contributed by atoms with E-state index in [0.29, 0.717) is 25.8 Å². The van der Waals surface area contributed by atoms with Crippen molar-refractivity contribution in [2.45, 2.75) is 44.2 Å². The lowest BCUT2D eigenvalue weighted by molar-refractivity contribution is -0.0626. The van der Waals surface area contributed by atoms with Crippen LogP contribution in [-0.4, -0.2) is 36.5 Å². The quantitative estimate of drug-likeness (QED) is 0.810. The van der Waals surface area contributed by atoms with Crippen LogP contribution in [0, 0.1) is 0 Å². The van der Waals surface area contributed by atoms with Gasteiger partial charge in [0.05, 0.1) is 11.9 Å². The molecular weight excluding hydrogens is 230 g/mol. The van der Waals surface area contributed by atoms with Gasteiger partial charge in [-0.1, -0.05) is 0 Å². The summed E-state index contributed by atoms with van der Waals surface area (Å²) in [7, 11) is 0. The van der Waals surface area contributed by atoms with E-state index in [9.17, 15) is 5.11 Å². The Kier molecular flexibility index (Phi) is 4.80. The number of aliphatic hydroxyl groups is 1. The highest BCUT2D eigenvalue weighted by Crippen LogP contribution is 2.19. The molecule has 1 fully saturated rings. The minimum absolute atomic E-state index is 0.377. The van der Waals surface area contributed by atoms with Gasteiger partial charge in [-0.2, -0.15) is 0 Å². The third kappa shape index (κ3) is 4.12. The average molecular weight is 253 g/mol. The maximum atomic E-state index is 10.3. The molecule has 1 aromatic rings. The molecule has 1 atom stereocenters. The van der Waals surface area contributed by atoms with E-state index in [-0.39, 0.29) is 0 Å². The minimum Gasteiger partial charge on any atom is -0.469 e. The van der Waals surface area contributed by atoms with Crippen molar-refractivity contribution >= 4 is 0 Å². The third-order valence-electron chi connectivity index (χ3n) is 3.61. The van der Waals surface area contributed by atoms with E-state index in [1.807, 2.05) is 12.1 Å². The van der Waals surface area contributed by atoms with Gasteiger partial charge in [-0.3, -0.25) is 0 Å². The van der Waals surface area contributed by atoms with Gasteiger partial charge in [0.15, 0.2) is 0 Å². The van der Waals surface area contributed by atoms with Crippen LogP contribution in [0.1, 0.15) is 31.9 Å². The normalized spacial score (nSPS) is 20.8. The van der Waals surface area contributed by atoms with Crippen molar-refractivity contribution in [2.24, 2.45) is 0 Å². The first-order valence-corrected chi connectivity index (χ1v) is 6.74. The maximum Gasteiger partial charge on any atom is 0.103 e. The lowest BCUT2D eigenvalue weighted by atomic mass is 9.94. The molecule has 0 aliphatic carbocycles. The fourth-order valence-corrected chi connectivity index (χ4v) is 2.21. The predicted molar refractivity (Wildman–Crippen MR) is 69.5 cm³/mol. The first kappa shape index (κ1) is 13.6. The molecule has 1 unspecified atom stereocenters. The molecule has 18 heavy (non-hydrogen) atoms. The van der Waals surface area contributed by atoms with Crippen LogP contribution in [0.3, 0.4) is 0 Å². The second-order valence-corrected chi connectivity index (χ2v) is 5.24. The Bertz CT molecular complexity index is 331. The van der Waals surface area contributed by atoms with E-state index >= 15 is 0 Å². The summed E-state index contributed by atoms with van der Waals surface area (Å²) in [6.07, 6.45) is 5.11. The molecule has 1 aliphatic heterocycles. The molecule has 0 bridgehead atoms. The molecule has 2 rings (SSSR count). The molecule has 0 amide bonds. The molecule has 1 saturated heterocycles. The van der Waals surface area contributed by atoms with Gasteiger partial charge >= 0.3 is 0 Å². The highest BCUT2D eigenvalue weighted by molar-refractivity contribution is 4.98. The Morgan fingerprint density at radius 1 is 1.44 bits per heavy atom. The molecule has 102 valence electrons. The molecule has 4 heteroatoms. The number of hydrogen-bond donors (Lipinski definition) is 2. The Balaban J connectivity index is 1.66. The Labute approximate surface area is 108 Å². The van der Waals surface area contributed by atoms with Crippen LogP contribution >= 0.6 is 0 Å². The molecular formula is C14H23NO3. The van der Waals surface area contributed by atoms with Crippen LogP contribution in [0.5, 0.6) is 0 Å². The van der Waals surface area contributed by atoms with Gasteiger partial charge in [-0.15, -0.1) is 0 Å². The molecule has 0 spiro atoms. The van der Waals surface area contributed by atoms with E-state index < -0.39 is 5.60 Å². The number of rotatable bonds is 6. The van der Waals surface area contributed by atoms with Crippen molar-refractivity contribution in [2.75, 3.05) is 19.8 Å². The number of aryl methyl sites for hydroxylation is 1. The van der Waals surface area contributed by atoms with E-state index in [2.05, 4.69) is 12.2 Å². The highest BCUT2D eigenvalue weighted by Gasteiger charge is 2.29. The Hall–Kier alpha value is -0.840. The Morgan fingerprint density at radius 3 is 2.89 bits per heavy atom. The average Bonchev–Trinajstić information content (AvgIpc) is 2.88. The molecule has 2 heterocycles. The molecule has 0 radical (unpaired) electrons. The number of hydrogen-bond acceptors (Lipinski definition) is 4. The van der Waals surface area contributed by atoms with Gasteiger partial charge in [0, 0.05) is 45.1 Å². The zero-order valence-corrected chi connectivity index (χ0v) is 11.0. The molecule has 2 N–H and O–H groups in total. The summed E-state index contributed by atoms with van der Waals surface area (Å²) in [5.74, 6) is 1.02. The summed E-state index contributed by atoms with van der Waals surface area (Å²) >= 11 is 0. The molecule has 0 aromatic carbocycles. The summed E-state index contributed by atoms with van der Waals surface area (Å²) in [4.78, 5) is 0. The highest BCUT2D eigenvalue weighted by atomic mass is 16.5. The minimum atomic E-state index is -0.586. The van der Waals surface area contributed by atoms with Crippen molar-refractivity contribution in [3.8, 4) is 0 Å². The molecule has 1 aromatic heterocycles. The Morgan fingerprint density at radius 2 is 2.22 bits per heavy atom. The van der Waals surface area contributed by atoms with Crippen molar-refractivity contribution in [3.63, 3.8) is 0 Å². The van der Waals surface area contributed by atoms with Gasteiger partial charge in [0.1, 0.15) is 5.76 Å². The predicted octanol–water partition coefficient (Wildman–Crippen LogP) is 1.73. The van der Waals surface area contributed by atoms with Crippen LogP contribution in [0.15, 0.2) is 22.8 Å². The van der Waals surface area contributed by atoms with Crippen molar-refractivity contribution < 1.29 is 14.3 Å². The van der Waals surface area contributed by atoms with Crippen LogP contribution in [0.25, 0.3) is 0 Å². The zero-order valence-electron chi connectivity index (χ0n) is 11.0. The van der Waals surface area contributed by atoms with Gasteiger partial charge < -0.3 is 19.6 Å². The summed E-state index contributed by atoms with van der Waals surface area (Å²) in [5, 5.41) is 13.7. The third-order valence-corrected chi connectivity index (χ3v) is 3.61. The van der Waals surface area contributed by atoms with E-state index in [0.717, 1.165) is 31.4 Å². The van der Waals surface area contributed by atoms with Gasteiger partial charge in [0.2, 0.25) is 0 Å². The zero-order chi connectivity index (χ0) is 12.8. The van der Waals surface area contributed by atoms with E-state index in [4.69, 9.17) is 9.15 Å². The van der Waals surface area contributed by atoms with Crippen molar-refractivity contribution in [3.05, 3.63) is 24.2 Å². The van der Waals surface area contributed by atoms with Crippen molar-refractivity contribution in [1.82, 2.24) is 5.32 Å². The maximum absolute atomic E-state index is 10.3. The second-order valence-electron chi connectivity index (χ2n) is 5.24.